The third-order valence-corrected chi connectivity index (χ3v) is 4.86. The second kappa shape index (κ2) is 4.62. The summed E-state index contributed by atoms with van der Waals surface area (Å²) in [6, 6.07) is 2.30. The minimum Gasteiger partial charge on any atom is -0.122 e. The van der Waals surface area contributed by atoms with E-state index in [0.717, 1.165) is 0 Å². The van der Waals surface area contributed by atoms with Crippen molar-refractivity contribution in [3.8, 4) is 0 Å². The maximum atomic E-state index is 3.64. The van der Waals surface area contributed by atoms with Crippen LogP contribution in [0.15, 0.2) is 9.85 Å². The summed E-state index contributed by atoms with van der Waals surface area (Å²) in [6.07, 6.45) is 2.49. The molecule has 0 aliphatic rings. The van der Waals surface area contributed by atoms with Gasteiger partial charge in [-0.2, -0.15) is 0 Å². The average Bonchev–Trinajstić information content (AvgIpc) is 2.30. The second-order valence-electron chi connectivity index (χ2n) is 3.87. The van der Waals surface area contributed by atoms with Crippen LogP contribution in [0.1, 0.15) is 39.2 Å². The Kier molecular flexibility index (Phi) is 4.26. The first-order valence-corrected chi connectivity index (χ1v) is 7.11. The zero-order valence-corrected chi connectivity index (χ0v) is 12.7. The van der Waals surface area contributed by atoms with Gasteiger partial charge < -0.3 is 0 Å². The van der Waals surface area contributed by atoms with Gasteiger partial charge >= 0.3 is 0 Å². The third kappa shape index (κ3) is 2.93. The summed E-state index contributed by atoms with van der Waals surface area (Å²) in [5.41, 5.74) is 1.77. The van der Waals surface area contributed by atoms with Gasteiger partial charge in [-0.15, -0.1) is 11.3 Å². The Morgan fingerprint density at radius 2 is 2.15 bits per heavy atom. The Hall–Kier alpha value is 0.910. The molecule has 0 saturated carbocycles. The summed E-state index contributed by atoms with van der Waals surface area (Å²) < 4.78 is 2.67. The molecular formula is C10H14BrIS. The van der Waals surface area contributed by atoms with Gasteiger partial charge in [0.15, 0.2) is 0 Å². The van der Waals surface area contributed by atoms with Crippen molar-refractivity contribution >= 4 is 49.9 Å². The van der Waals surface area contributed by atoms with Crippen molar-refractivity contribution < 1.29 is 0 Å². The SMILES string of the molecule is CCCC(C)(C)c1cc(I)sc1Br. The molecule has 1 heterocycles. The van der Waals surface area contributed by atoms with Gasteiger partial charge in [0.1, 0.15) is 0 Å². The fraction of sp³-hybridized carbons (Fsp3) is 0.600. The molecule has 1 aromatic heterocycles. The highest BCUT2D eigenvalue weighted by Crippen LogP contribution is 2.39. The normalized spacial score (nSPS) is 12.1. The lowest BCUT2D eigenvalue weighted by Gasteiger charge is -2.23. The van der Waals surface area contributed by atoms with Gasteiger partial charge in [0, 0.05) is 0 Å². The van der Waals surface area contributed by atoms with Crippen LogP contribution in [0.25, 0.3) is 0 Å². The summed E-state index contributed by atoms with van der Waals surface area (Å²) in [6.45, 7) is 6.88. The fourth-order valence-electron chi connectivity index (χ4n) is 1.56. The predicted octanol–water partition coefficient (Wildman–Crippen LogP) is 5.19. The van der Waals surface area contributed by atoms with Crippen molar-refractivity contribution in [2.75, 3.05) is 0 Å². The summed E-state index contributed by atoms with van der Waals surface area (Å²) >= 11 is 7.85. The first-order valence-electron chi connectivity index (χ1n) is 4.42. The van der Waals surface area contributed by atoms with E-state index in [1.807, 2.05) is 11.3 Å². The van der Waals surface area contributed by atoms with E-state index in [2.05, 4.69) is 65.4 Å². The molecule has 0 atom stereocenters. The van der Waals surface area contributed by atoms with E-state index < -0.39 is 0 Å². The number of thiophene rings is 1. The molecule has 0 radical (unpaired) electrons. The largest absolute Gasteiger partial charge is 0.122 e. The monoisotopic (exact) mass is 372 g/mol. The number of hydrogen-bond donors (Lipinski definition) is 0. The molecule has 0 saturated heterocycles. The molecular weight excluding hydrogens is 359 g/mol. The van der Waals surface area contributed by atoms with Crippen molar-refractivity contribution in [2.45, 2.75) is 39.0 Å². The highest BCUT2D eigenvalue weighted by Gasteiger charge is 2.23. The molecule has 0 aromatic carbocycles. The smallest absolute Gasteiger partial charge is 0.0747 e. The molecule has 0 aliphatic carbocycles. The first-order chi connectivity index (χ1) is 5.97. The summed E-state index contributed by atoms with van der Waals surface area (Å²) in [5.74, 6) is 0. The molecule has 1 aromatic rings. The van der Waals surface area contributed by atoms with Gasteiger partial charge in [-0.05, 0) is 62.0 Å². The van der Waals surface area contributed by atoms with Crippen molar-refractivity contribution in [1.29, 1.82) is 0 Å². The quantitative estimate of drug-likeness (QED) is 0.640. The Morgan fingerprint density at radius 3 is 2.54 bits per heavy atom. The van der Waals surface area contributed by atoms with Crippen LogP contribution in [0.4, 0.5) is 0 Å². The maximum absolute atomic E-state index is 3.64. The van der Waals surface area contributed by atoms with Crippen LogP contribution >= 0.6 is 49.9 Å². The number of halogens is 2. The molecule has 0 amide bonds. The van der Waals surface area contributed by atoms with Gasteiger partial charge in [-0.1, -0.05) is 27.2 Å². The number of hydrogen-bond acceptors (Lipinski definition) is 1. The molecule has 0 unspecified atom stereocenters. The number of rotatable bonds is 3. The minimum atomic E-state index is 0.313. The van der Waals surface area contributed by atoms with Gasteiger partial charge in [0.05, 0.1) is 6.67 Å². The van der Waals surface area contributed by atoms with Crippen LogP contribution in [0.2, 0.25) is 0 Å². The zero-order chi connectivity index (χ0) is 10.1. The van der Waals surface area contributed by atoms with Crippen LogP contribution in [0, 0.1) is 2.88 Å². The topological polar surface area (TPSA) is 0 Å². The van der Waals surface area contributed by atoms with E-state index in [4.69, 9.17) is 0 Å². The highest BCUT2D eigenvalue weighted by atomic mass is 127. The maximum Gasteiger partial charge on any atom is 0.0747 e. The summed E-state index contributed by atoms with van der Waals surface area (Å²) in [5, 5.41) is 0. The molecule has 0 bridgehead atoms. The van der Waals surface area contributed by atoms with Gasteiger partial charge in [0.2, 0.25) is 0 Å². The fourth-order valence-corrected chi connectivity index (χ4v) is 5.41. The summed E-state index contributed by atoms with van der Waals surface area (Å²) in [7, 11) is 0. The molecule has 1 rings (SSSR count). The third-order valence-electron chi connectivity index (χ3n) is 2.26. The minimum absolute atomic E-state index is 0.313. The molecule has 0 spiro atoms. The first kappa shape index (κ1) is 12.0. The van der Waals surface area contributed by atoms with Crippen molar-refractivity contribution in [2.24, 2.45) is 0 Å². The van der Waals surface area contributed by atoms with Crippen molar-refractivity contribution in [1.82, 2.24) is 0 Å². The highest BCUT2D eigenvalue weighted by molar-refractivity contribution is 14.1. The van der Waals surface area contributed by atoms with Gasteiger partial charge in [0.25, 0.3) is 0 Å². The lowest BCUT2D eigenvalue weighted by atomic mass is 9.82. The van der Waals surface area contributed by atoms with Crippen LogP contribution in [0.5, 0.6) is 0 Å². The lowest BCUT2D eigenvalue weighted by molar-refractivity contribution is 0.473. The van der Waals surface area contributed by atoms with E-state index in [1.165, 1.54) is 25.1 Å². The molecule has 3 heteroatoms. The van der Waals surface area contributed by atoms with E-state index in [-0.39, 0.29) is 0 Å². The second-order valence-corrected chi connectivity index (χ2v) is 8.14. The molecule has 0 fully saturated rings. The standard InChI is InChI=1S/C10H14BrIS/c1-4-5-10(2,3)7-6-8(12)13-9(7)11/h6H,4-5H2,1-3H3. The average molecular weight is 373 g/mol. The zero-order valence-electron chi connectivity index (χ0n) is 8.16. The van der Waals surface area contributed by atoms with Gasteiger partial charge in [-0.3, -0.25) is 0 Å². The predicted molar refractivity (Wildman–Crippen MR) is 72.7 cm³/mol. The van der Waals surface area contributed by atoms with E-state index in [9.17, 15) is 0 Å². The van der Waals surface area contributed by atoms with Crippen LogP contribution < -0.4 is 0 Å². The van der Waals surface area contributed by atoms with Crippen molar-refractivity contribution in [3.05, 3.63) is 18.3 Å². The Morgan fingerprint density at radius 1 is 1.54 bits per heavy atom. The lowest BCUT2D eigenvalue weighted by Crippen LogP contribution is -2.15. The summed E-state index contributed by atoms with van der Waals surface area (Å²) in [4.78, 5) is 0. The van der Waals surface area contributed by atoms with Crippen LogP contribution in [-0.2, 0) is 5.41 Å². The van der Waals surface area contributed by atoms with Crippen molar-refractivity contribution in [3.63, 3.8) is 0 Å². The van der Waals surface area contributed by atoms with Crippen LogP contribution in [0.3, 0.4) is 0 Å². The Bertz CT molecular complexity index is 291. The van der Waals surface area contributed by atoms with Gasteiger partial charge in [-0.25, -0.2) is 0 Å². The molecule has 0 N–H and O–H groups in total. The molecule has 0 aliphatic heterocycles. The molecule has 74 valence electrons. The molecule has 13 heavy (non-hydrogen) atoms. The van der Waals surface area contributed by atoms with Crippen LogP contribution in [-0.4, -0.2) is 0 Å². The van der Waals surface area contributed by atoms with E-state index in [1.54, 1.807) is 0 Å². The van der Waals surface area contributed by atoms with E-state index >= 15 is 0 Å². The molecule has 0 nitrogen and oxygen atoms in total. The Balaban J connectivity index is 2.98. The Labute approximate surface area is 106 Å². The van der Waals surface area contributed by atoms with E-state index in [0.29, 0.717) is 5.41 Å².